The molecule has 0 aromatic heterocycles. The Morgan fingerprint density at radius 1 is 0.500 bits per heavy atom. The Morgan fingerprint density at radius 3 is 1.25 bits per heavy atom. The van der Waals surface area contributed by atoms with E-state index in [1.807, 2.05) is 72.8 Å². The molecule has 0 N–H and O–H groups in total. The van der Waals surface area contributed by atoms with Crippen molar-refractivity contribution >= 4 is 37.6 Å². The van der Waals surface area contributed by atoms with Gasteiger partial charge in [-0.3, -0.25) is 4.79 Å². The average Bonchev–Trinajstić information content (AvgIpc) is 2.73. The van der Waals surface area contributed by atoms with E-state index in [9.17, 15) is 4.79 Å². The maximum atomic E-state index is 12.8. The van der Waals surface area contributed by atoms with E-state index in [1.54, 1.807) is 0 Å². The number of carbonyl (C=O) groups excluding carboxylic acids is 1. The molecule has 3 heteroatoms. The monoisotopic (exact) mass is 490 g/mol. The third kappa shape index (κ3) is 4.16. The molecule has 0 aliphatic rings. The smallest absolute Gasteiger partial charge is 0.193 e. The molecule has 0 saturated carbocycles. The second kappa shape index (κ2) is 8.26. The van der Waals surface area contributed by atoms with E-state index < -0.39 is 0 Å². The summed E-state index contributed by atoms with van der Waals surface area (Å²) in [5, 5.41) is 0. The predicted molar refractivity (Wildman–Crippen MR) is 123 cm³/mol. The minimum atomic E-state index is 0.0292. The number of carbonyl (C=O) groups is 1. The Kier molecular flexibility index (Phi) is 5.56. The highest BCUT2D eigenvalue weighted by molar-refractivity contribution is 9.10. The largest absolute Gasteiger partial charge is 0.289 e. The van der Waals surface area contributed by atoms with Gasteiger partial charge in [0, 0.05) is 20.1 Å². The van der Waals surface area contributed by atoms with Crippen LogP contribution < -0.4 is 0 Å². The summed E-state index contributed by atoms with van der Waals surface area (Å²) in [6.07, 6.45) is 0. The lowest BCUT2D eigenvalue weighted by Gasteiger charge is -2.07. The number of ketones is 1. The molecule has 4 aromatic carbocycles. The first-order valence-electron chi connectivity index (χ1n) is 8.87. The summed E-state index contributed by atoms with van der Waals surface area (Å²) < 4.78 is 2.08. The maximum Gasteiger partial charge on any atom is 0.193 e. The molecule has 0 saturated heterocycles. The molecule has 0 aliphatic carbocycles. The van der Waals surface area contributed by atoms with Gasteiger partial charge in [-0.15, -0.1) is 0 Å². The highest BCUT2D eigenvalue weighted by atomic mass is 79.9. The van der Waals surface area contributed by atoms with Crippen molar-refractivity contribution in [2.45, 2.75) is 0 Å². The van der Waals surface area contributed by atoms with Gasteiger partial charge >= 0.3 is 0 Å². The van der Waals surface area contributed by atoms with Gasteiger partial charge in [0.2, 0.25) is 0 Å². The normalized spacial score (nSPS) is 10.6. The lowest BCUT2D eigenvalue weighted by molar-refractivity contribution is 0.103. The Bertz CT molecular complexity index is 1040. The van der Waals surface area contributed by atoms with Crippen LogP contribution >= 0.6 is 31.9 Å². The van der Waals surface area contributed by atoms with Crippen LogP contribution in [0.5, 0.6) is 0 Å². The van der Waals surface area contributed by atoms with E-state index in [0.717, 1.165) is 31.2 Å². The third-order valence-corrected chi connectivity index (χ3v) is 5.60. The van der Waals surface area contributed by atoms with Gasteiger partial charge in [-0.2, -0.15) is 0 Å². The van der Waals surface area contributed by atoms with E-state index in [2.05, 4.69) is 56.1 Å². The van der Waals surface area contributed by atoms with Gasteiger partial charge in [-0.25, -0.2) is 0 Å². The fraction of sp³-hybridized carbons (Fsp3) is 0. The lowest BCUT2D eigenvalue weighted by Crippen LogP contribution is -2.00. The first-order chi connectivity index (χ1) is 13.6. The van der Waals surface area contributed by atoms with E-state index in [4.69, 9.17) is 0 Å². The van der Waals surface area contributed by atoms with Crippen LogP contribution in [0.3, 0.4) is 0 Å². The fourth-order valence-electron chi connectivity index (χ4n) is 3.13. The average molecular weight is 492 g/mol. The van der Waals surface area contributed by atoms with E-state index in [-0.39, 0.29) is 5.78 Å². The van der Waals surface area contributed by atoms with Crippen molar-refractivity contribution in [3.63, 3.8) is 0 Å². The Labute approximate surface area is 181 Å². The molecule has 4 rings (SSSR count). The molecule has 0 radical (unpaired) electrons. The van der Waals surface area contributed by atoms with Crippen molar-refractivity contribution in [3.8, 4) is 22.3 Å². The molecule has 1 nitrogen and oxygen atoms in total. The molecule has 136 valence electrons. The standard InChI is InChI=1S/C25H16Br2O/c26-23-5-1-3-21(15-23)17-7-11-19(12-8-17)25(28)20-13-9-18(10-14-20)22-4-2-6-24(27)16-22/h1-16H. The van der Waals surface area contributed by atoms with Crippen LogP contribution in [0.4, 0.5) is 0 Å². The van der Waals surface area contributed by atoms with E-state index in [0.29, 0.717) is 11.1 Å². The second-order valence-electron chi connectivity index (χ2n) is 6.50. The van der Waals surface area contributed by atoms with Gasteiger partial charge in [0.1, 0.15) is 0 Å². The SMILES string of the molecule is O=C(c1ccc(-c2cccc(Br)c2)cc1)c1ccc(-c2cccc(Br)c2)cc1. The molecule has 28 heavy (non-hydrogen) atoms. The maximum absolute atomic E-state index is 12.8. The Morgan fingerprint density at radius 2 is 0.893 bits per heavy atom. The lowest BCUT2D eigenvalue weighted by atomic mass is 9.97. The van der Waals surface area contributed by atoms with Gasteiger partial charge < -0.3 is 0 Å². The Hall–Kier alpha value is -2.49. The summed E-state index contributed by atoms with van der Waals surface area (Å²) in [6, 6.07) is 31.8. The summed E-state index contributed by atoms with van der Waals surface area (Å²) in [7, 11) is 0. The number of halogens is 2. The van der Waals surface area contributed by atoms with Crippen LogP contribution in [0, 0.1) is 0 Å². The topological polar surface area (TPSA) is 17.1 Å². The molecular formula is C25H16Br2O. The summed E-state index contributed by atoms with van der Waals surface area (Å²) in [5.41, 5.74) is 5.78. The molecule has 0 bridgehead atoms. The third-order valence-electron chi connectivity index (χ3n) is 4.61. The summed E-state index contributed by atoms with van der Waals surface area (Å²) in [5.74, 6) is 0.0292. The van der Waals surface area contributed by atoms with Crippen molar-refractivity contribution in [1.82, 2.24) is 0 Å². The summed E-state index contributed by atoms with van der Waals surface area (Å²) >= 11 is 7.00. The van der Waals surface area contributed by atoms with Crippen LogP contribution in [0.1, 0.15) is 15.9 Å². The van der Waals surface area contributed by atoms with Gasteiger partial charge in [-0.05, 0) is 46.5 Å². The highest BCUT2D eigenvalue weighted by Crippen LogP contribution is 2.26. The predicted octanol–water partition coefficient (Wildman–Crippen LogP) is 7.78. The Balaban J connectivity index is 1.56. The van der Waals surface area contributed by atoms with Crippen molar-refractivity contribution in [3.05, 3.63) is 117 Å². The van der Waals surface area contributed by atoms with Crippen molar-refractivity contribution in [1.29, 1.82) is 0 Å². The summed E-state index contributed by atoms with van der Waals surface area (Å²) in [4.78, 5) is 12.8. The van der Waals surface area contributed by atoms with E-state index in [1.165, 1.54) is 0 Å². The molecule has 4 aromatic rings. The van der Waals surface area contributed by atoms with Crippen molar-refractivity contribution in [2.75, 3.05) is 0 Å². The van der Waals surface area contributed by atoms with E-state index >= 15 is 0 Å². The van der Waals surface area contributed by atoms with Gasteiger partial charge in [0.25, 0.3) is 0 Å². The molecule has 0 spiro atoms. The number of hydrogen-bond donors (Lipinski definition) is 0. The molecule has 0 amide bonds. The first kappa shape index (κ1) is 18.9. The van der Waals surface area contributed by atoms with Crippen molar-refractivity contribution < 1.29 is 4.79 Å². The first-order valence-corrected chi connectivity index (χ1v) is 10.5. The van der Waals surface area contributed by atoms with Crippen LogP contribution in [-0.4, -0.2) is 5.78 Å². The fourth-order valence-corrected chi connectivity index (χ4v) is 3.93. The summed E-state index contributed by atoms with van der Waals surface area (Å²) in [6.45, 7) is 0. The number of rotatable bonds is 4. The highest BCUT2D eigenvalue weighted by Gasteiger charge is 2.10. The quantitative estimate of drug-likeness (QED) is 0.266. The molecule has 0 heterocycles. The zero-order valence-corrected chi connectivity index (χ0v) is 18.1. The van der Waals surface area contributed by atoms with Gasteiger partial charge in [0.15, 0.2) is 5.78 Å². The van der Waals surface area contributed by atoms with Crippen LogP contribution in [0.25, 0.3) is 22.3 Å². The van der Waals surface area contributed by atoms with Crippen molar-refractivity contribution in [2.24, 2.45) is 0 Å². The second-order valence-corrected chi connectivity index (χ2v) is 8.34. The number of benzene rings is 4. The molecule has 0 aliphatic heterocycles. The minimum Gasteiger partial charge on any atom is -0.289 e. The number of hydrogen-bond acceptors (Lipinski definition) is 1. The molecular weight excluding hydrogens is 476 g/mol. The van der Waals surface area contributed by atoms with Gasteiger partial charge in [-0.1, -0.05) is 105 Å². The molecule has 0 unspecified atom stereocenters. The molecule has 0 atom stereocenters. The van der Waals surface area contributed by atoms with Crippen LogP contribution in [0.2, 0.25) is 0 Å². The van der Waals surface area contributed by atoms with Crippen LogP contribution in [0.15, 0.2) is 106 Å². The zero-order chi connectivity index (χ0) is 19.5. The molecule has 0 fully saturated rings. The van der Waals surface area contributed by atoms with Crippen LogP contribution in [-0.2, 0) is 0 Å². The zero-order valence-electron chi connectivity index (χ0n) is 14.9. The minimum absolute atomic E-state index is 0.0292. The van der Waals surface area contributed by atoms with Gasteiger partial charge in [0.05, 0.1) is 0 Å².